The van der Waals surface area contributed by atoms with Gasteiger partial charge in [-0.1, -0.05) is 31.9 Å². The van der Waals surface area contributed by atoms with E-state index in [1.165, 1.54) is 24.4 Å². The number of aromatic nitrogens is 2. The van der Waals surface area contributed by atoms with Crippen molar-refractivity contribution in [1.82, 2.24) is 10.2 Å². The summed E-state index contributed by atoms with van der Waals surface area (Å²) in [5.74, 6) is -0.563. The van der Waals surface area contributed by atoms with E-state index in [0.717, 1.165) is 0 Å². The van der Waals surface area contributed by atoms with Gasteiger partial charge >= 0.3 is 0 Å². The van der Waals surface area contributed by atoms with E-state index in [1.54, 1.807) is 19.1 Å². The van der Waals surface area contributed by atoms with Gasteiger partial charge in [-0.25, -0.2) is 8.42 Å². The Morgan fingerprint density at radius 3 is 2.70 bits per heavy atom. The summed E-state index contributed by atoms with van der Waals surface area (Å²) in [4.78, 5) is 12.5. The van der Waals surface area contributed by atoms with Crippen LogP contribution in [0.1, 0.15) is 50.4 Å². The summed E-state index contributed by atoms with van der Waals surface area (Å²) < 4.78 is 26.9. The van der Waals surface area contributed by atoms with Gasteiger partial charge in [-0.05, 0) is 61.9 Å². The lowest BCUT2D eigenvalue weighted by Gasteiger charge is -2.45. The number of amides is 1. The van der Waals surface area contributed by atoms with Crippen molar-refractivity contribution in [3.63, 3.8) is 0 Å². The molecule has 0 saturated heterocycles. The fourth-order valence-electron chi connectivity index (χ4n) is 4.12. The standard InChI is InChI=1S/C21H26ClN3O4S/c1-4-15-12-16(10-13(2)21(15,3)27)30(28,29)18-11-14(7-8-17(18)22)20(26)24-19-6-5-9-23-25-19/h5-9,11,13,15-16,27H,4,10,12H2,1-3H3,(H,24,25,26)/t13-,15?,16-,21-/m0/s1. The van der Waals surface area contributed by atoms with Crippen molar-refractivity contribution < 1.29 is 18.3 Å². The smallest absolute Gasteiger partial charge is 0.256 e. The monoisotopic (exact) mass is 451 g/mol. The molecule has 0 radical (unpaired) electrons. The maximum atomic E-state index is 13.4. The molecule has 7 nitrogen and oxygen atoms in total. The van der Waals surface area contributed by atoms with E-state index in [9.17, 15) is 18.3 Å². The molecule has 0 bridgehead atoms. The van der Waals surface area contributed by atoms with E-state index in [1.807, 2.05) is 13.8 Å². The highest BCUT2D eigenvalue weighted by Gasteiger charge is 2.47. The molecule has 3 rings (SSSR count). The third kappa shape index (κ3) is 4.36. The fraction of sp³-hybridized carbons (Fsp3) is 0.476. The van der Waals surface area contributed by atoms with Crippen molar-refractivity contribution in [3.8, 4) is 0 Å². The molecule has 1 saturated carbocycles. The van der Waals surface area contributed by atoms with E-state index >= 15 is 0 Å². The zero-order valence-corrected chi connectivity index (χ0v) is 18.7. The van der Waals surface area contributed by atoms with Crippen LogP contribution in [-0.4, -0.2) is 40.5 Å². The number of nitrogens with zero attached hydrogens (tertiary/aromatic N) is 2. The van der Waals surface area contributed by atoms with Gasteiger partial charge in [-0.2, -0.15) is 5.10 Å². The van der Waals surface area contributed by atoms with Crippen molar-refractivity contribution in [2.45, 2.75) is 55.8 Å². The minimum Gasteiger partial charge on any atom is -0.390 e. The number of carbonyl (C=O) groups excluding carboxylic acids is 1. The van der Waals surface area contributed by atoms with Crippen LogP contribution < -0.4 is 5.32 Å². The topological polar surface area (TPSA) is 109 Å². The largest absolute Gasteiger partial charge is 0.390 e. The number of aliphatic hydroxyl groups is 1. The first-order chi connectivity index (χ1) is 14.1. The van der Waals surface area contributed by atoms with Gasteiger partial charge in [-0.3, -0.25) is 4.79 Å². The van der Waals surface area contributed by atoms with Crippen LogP contribution in [0.25, 0.3) is 0 Å². The van der Waals surface area contributed by atoms with Gasteiger partial charge in [0.05, 0.1) is 20.8 Å². The Kier molecular flexibility index (Phi) is 6.50. The first-order valence-electron chi connectivity index (χ1n) is 9.92. The van der Waals surface area contributed by atoms with Gasteiger partial charge in [0.15, 0.2) is 15.7 Å². The van der Waals surface area contributed by atoms with Crippen molar-refractivity contribution in [3.05, 3.63) is 47.1 Å². The predicted molar refractivity (Wildman–Crippen MR) is 115 cm³/mol. The predicted octanol–water partition coefficient (Wildman–Crippen LogP) is 3.73. The summed E-state index contributed by atoms with van der Waals surface area (Å²) in [5, 5.41) is 20.3. The SMILES string of the molecule is CCC1C[C@@H](S(=O)(=O)c2cc(C(=O)Nc3cccnn3)ccc2Cl)C[C@H](C)[C@]1(C)O. The van der Waals surface area contributed by atoms with Crippen LogP contribution in [0.3, 0.4) is 0 Å². The summed E-state index contributed by atoms with van der Waals surface area (Å²) in [6, 6.07) is 7.40. The Hall–Kier alpha value is -2.03. The van der Waals surface area contributed by atoms with Crippen LogP contribution in [0.2, 0.25) is 5.02 Å². The molecule has 162 valence electrons. The average molecular weight is 452 g/mol. The highest BCUT2D eigenvalue weighted by Crippen LogP contribution is 2.44. The zero-order valence-electron chi connectivity index (χ0n) is 17.2. The summed E-state index contributed by atoms with van der Waals surface area (Å²) in [6.07, 6.45) is 2.84. The molecule has 1 aromatic carbocycles. The summed E-state index contributed by atoms with van der Waals surface area (Å²) in [5.41, 5.74) is -0.755. The molecular formula is C21H26ClN3O4S. The Labute approximate surface area is 181 Å². The molecule has 4 atom stereocenters. The number of hydrogen-bond donors (Lipinski definition) is 2. The number of nitrogens with one attached hydrogen (secondary N) is 1. The van der Waals surface area contributed by atoms with Crippen LogP contribution in [-0.2, 0) is 9.84 Å². The minimum atomic E-state index is -3.80. The first kappa shape index (κ1) is 22.7. The number of hydrogen-bond acceptors (Lipinski definition) is 6. The van der Waals surface area contributed by atoms with E-state index < -0.39 is 26.6 Å². The maximum absolute atomic E-state index is 13.4. The quantitative estimate of drug-likeness (QED) is 0.716. The van der Waals surface area contributed by atoms with E-state index in [2.05, 4.69) is 15.5 Å². The molecule has 30 heavy (non-hydrogen) atoms. The number of halogens is 1. The highest BCUT2D eigenvalue weighted by molar-refractivity contribution is 7.92. The Morgan fingerprint density at radius 2 is 2.07 bits per heavy atom. The summed E-state index contributed by atoms with van der Waals surface area (Å²) in [6.45, 7) is 5.60. The second-order valence-corrected chi connectivity index (χ2v) is 10.7. The molecule has 1 heterocycles. The van der Waals surface area contributed by atoms with Crippen molar-refractivity contribution in [2.24, 2.45) is 11.8 Å². The second kappa shape index (κ2) is 8.61. The highest BCUT2D eigenvalue weighted by atomic mass is 35.5. The van der Waals surface area contributed by atoms with E-state index in [-0.39, 0.29) is 33.1 Å². The summed E-state index contributed by atoms with van der Waals surface area (Å²) >= 11 is 6.24. The van der Waals surface area contributed by atoms with Crippen molar-refractivity contribution in [2.75, 3.05) is 5.32 Å². The minimum absolute atomic E-state index is 0.0652. The molecule has 1 amide bonds. The third-order valence-electron chi connectivity index (χ3n) is 6.23. The fourth-order valence-corrected chi connectivity index (χ4v) is 6.58. The van der Waals surface area contributed by atoms with Gasteiger partial charge in [0.1, 0.15) is 0 Å². The number of anilines is 1. The zero-order chi connectivity index (χ0) is 22.1. The van der Waals surface area contributed by atoms with Crippen molar-refractivity contribution in [1.29, 1.82) is 0 Å². The van der Waals surface area contributed by atoms with Gasteiger partial charge in [0, 0.05) is 11.8 Å². The molecule has 2 N–H and O–H groups in total. The van der Waals surface area contributed by atoms with Crippen molar-refractivity contribution >= 4 is 33.2 Å². The van der Waals surface area contributed by atoms with Gasteiger partial charge < -0.3 is 10.4 Å². The Morgan fingerprint density at radius 1 is 1.33 bits per heavy atom. The maximum Gasteiger partial charge on any atom is 0.256 e. The van der Waals surface area contributed by atoms with Gasteiger partial charge in [0.2, 0.25) is 0 Å². The summed E-state index contributed by atoms with van der Waals surface area (Å²) in [7, 11) is -3.80. The molecule has 1 unspecified atom stereocenters. The molecule has 0 aliphatic heterocycles. The third-order valence-corrected chi connectivity index (χ3v) is 8.89. The number of carbonyl (C=O) groups is 1. The van der Waals surface area contributed by atoms with Crippen LogP contribution in [0.5, 0.6) is 0 Å². The lowest BCUT2D eigenvalue weighted by Crippen LogP contribution is -2.49. The number of sulfone groups is 1. The Bertz CT molecular complexity index is 1030. The number of benzene rings is 1. The van der Waals surface area contributed by atoms with Gasteiger partial charge in [0.25, 0.3) is 5.91 Å². The normalized spacial score (nSPS) is 26.9. The molecule has 1 fully saturated rings. The van der Waals surface area contributed by atoms with Crippen LogP contribution in [0.15, 0.2) is 41.4 Å². The Balaban J connectivity index is 1.91. The van der Waals surface area contributed by atoms with E-state index in [0.29, 0.717) is 19.3 Å². The molecule has 0 spiro atoms. The molecule has 1 aromatic heterocycles. The lowest BCUT2D eigenvalue weighted by molar-refractivity contribution is -0.0729. The first-order valence-corrected chi connectivity index (χ1v) is 11.8. The molecular weight excluding hydrogens is 426 g/mol. The lowest BCUT2D eigenvalue weighted by atomic mass is 9.69. The number of rotatable bonds is 5. The molecule has 9 heteroatoms. The van der Waals surface area contributed by atoms with Crippen LogP contribution >= 0.6 is 11.6 Å². The molecule has 1 aliphatic carbocycles. The van der Waals surface area contributed by atoms with Crippen LogP contribution in [0, 0.1) is 11.8 Å². The molecule has 2 aromatic rings. The van der Waals surface area contributed by atoms with Gasteiger partial charge in [-0.15, -0.1) is 5.10 Å². The van der Waals surface area contributed by atoms with E-state index in [4.69, 9.17) is 11.6 Å². The van der Waals surface area contributed by atoms with Crippen LogP contribution in [0.4, 0.5) is 5.82 Å². The average Bonchev–Trinajstić information content (AvgIpc) is 2.70. The molecule has 1 aliphatic rings. The second-order valence-electron chi connectivity index (χ2n) is 8.08.